The number of amides is 1. The van der Waals surface area contributed by atoms with Gasteiger partial charge >= 0.3 is 5.92 Å². The second-order valence-corrected chi connectivity index (χ2v) is 5.08. The summed E-state index contributed by atoms with van der Waals surface area (Å²) in [4.78, 5) is 11.7. The van der Waals surface area contributed by atoms with Crippen molar-refractivity contribution in [2.45, 2.75) is 36.8 Å². The molecular formula is C14H17F2NO3. The molecule has 1 aliphatic carbocycles. The summed E-state index contributed by atoms with van der Waals surface area (Å²) in [6, 6.07) is 7.43. The largest absolute Gasteiger partial charge is 0.394 e. The summed E-state index contributed by atoms with van der Waals surface area (Å²) in [5.41, 5.74) is -1.73. The van der Waals surface area contributed by atoms with Crippen LogP contribution in [-0.2, 0) is 4.79 Å². The van der Waals surface area contributed by atoms with Crippen LogP contribution in [0.2, 0.25) is 0 Å². The van der Waals surface area contributed by atoms with E-state index in [4.69, 9.17) is 0 Å². The second kappa shape index (κ2) is 5.46. The van der Waals surface area contributed by atoms with Gasteiger partial charge in [-0.15, -0.1) is 0 Å². The van der Waals surface area contributed by atoms with Crippen LogP contribution >= 0.6 is 0 Å². The highest BCUT2D eigenvalue weighted by molar-refractivity contribution is 5.85. The molecule has 0 saturated heterocycles. The van der Waals surface area contributed by atoms with Crippen LogP contribution in [0.4, 0.5) is 8.78 Å². The zero-order chi connectivity index (χ0) is 14.8. The highest BCUT2D eigenvalue weighted by atomic mass is 19.3. The zero-order valence-electron chi connectivity index (χ0n) is 10.9. The molecule has 0 aliphatic heterocycles. The van der Waals surface area contributed by atoms with Crippen molar-refractivity contribution in [1.29, 1.82) is 0 Å². The number of aliphatic hydroxyl groups is 2. The van der Waals surface area contributed by atoms with Crippen molar-refractivity contribution >= 4 is 5.91 Å². The van der Waals surface area contributed by atoms with Gasteiger partial charge in [0.05, 0.1) is 12.6 Å². The van der Waals surface area contributed by atoms with Crippen molar-refractivity contribution < 1.29 is 23.8 Å². The van der Waals surface area contributed by atoms with Crippen molar-refractivity contribution in [3.05, 3.63) is 35.9 Å². The van der Waals surface area contributed by atoms with Gasteiger partial charge in [0.25, 0.3) is 5.91 Å². The molecule has 6 heteroatoms. The predicted molar refractivity (Wildman–Crippen MR) is 68.2 cm³/mol. The summed E-state index contributed by atoms with van der Waals surface area (Å²) in [6.45, 7) is -0.496. The summed E-state index contributed by atoms with van der Waals surface area (Å²) in [6.07, 6.45) is 0.284. The smallest absolute Gasteiger partial charge is 0.352 e. The van der Waals surface area contributed by atoms with E-state index in [1.54, 1.807) is 30.3 Å². The molecule has 20 heavy (non-hydrogen) atoms. The summed E-state index contributed by atoms with van der Waals surface area (Å²) < 4.78 is 27.8. The standard InChI is InChI=1S/C14H17F2NO3/c15-14(16,13(20)7-4-8-13)12(19)17-11(9-18)10-5-2-1-3-6-10/h1-3,5-6,11,18,20H,4,7-9H2,(H,17,19). The molecule has 110 valence electrons. The molecule has 1 aromatic rings. The lowest BCUT2D eigenvalue weighted by molar-refractivity contribution is -0.216. The first-order chi connectivity index (χ1) is 9.40. The number of carbonyl (C=O) groups excluding carboxylic acids is 1. The number of benzene rings is 1. The Bertz CT molecular complexity index is 475. The van der Waals surface area contributed by atoms with Crippen LogP contribution in [0, 0.1) is 0 Å². The minimum Gasteiger partial charge on any atom is -0.394 e. The SMILES string of the molecule is O=C(NC(CO)c1ccccc1)C(F)(F)C1(O)CCC1. The molecule has 0 radical (unpaired) electrons. The molecule has 1 fully saturated rings. The minimum atomic E-state index is -3.85. The van der Waals surface area contributed by atoms with E-state index >= 15 is 0 Å². The van der Waals surface area contributed by atoms with Gasteiger partial charge in [-0.25, -0.2) is 0 Å². The zero-order valence-corrected chi connectivity index (χ0v) is 10.9. The van der Waals surface area contributed by atoms with Gasteiger partial charge in [0.15, 0.2) is 0 Å². The number of nitrogens with one attached hydrogen (secondary N) is 1. The maximum Gasteiger partial charge on any atom is 0.352 e. The number of hydrogen-bond donors (Lipinski definition) is 3. The van der Waals surface area contributed by atoms with Crippen LogP contribution in [0.5, 0.6) is 0 Å². The molecule has 0 bridgehead atoms. The van der Waals surface area contributed by atoms with Gasteiger partial charge < -0.3 is 15.5 Å². The van der Waals surface area contributed by atoms with Crippen LogP contribution in [0.3, 0.4) is 0 Å². The Hall–Kier alpha value is -1.53. The summed E-state index contributed by atoms with van der Waals surface area (Å²) in [7, 11) is 0. The Morgan fingerprint density at radius 3 is 2.40 bits per heavy atom. The summed E-state index contributed by atoms with van der Waals surface area (Å²) in [5.74, 6) is -5.41. The quantitative estimate of drug-likeness (QED) is 0.765. The average Bonchev–Trinajstić information content (AvgIpc) is 2.42. The fraction of sp³-hybridized carbons (Fsp3) is 0.500. The molecule has 2 rings (SSSR count). The number of halogens is 2. The highest BCUT2D eigenvalue weighted by Gasteiger charge is 2.61. The lowest BCUT2D eigenvalue weighted by Crippen LogP contribution is -2.61. The maximum atomic E-state index is 13.9. The second-order valence-electron chi connectivity index (χ2n) is 5.08. The fourth-order valence-electron chi connectivity index (χ4n) is 2.21. The Morgan fingerprint density at radius 2 is 1.95 bits per heavy atom. The number of alkyl halides is 2. The van der Waals surface area contributed by atoms with Gasteiger partial charge in [-0.1, -0.05) is 30.3 Å². The number of aliphatic hydroxyl groups excluding tert-OH is 1. The summed E-state index contributed by atoms with van der Waals surface area (Å²) in [5, 5.41) is 21.0. The summed E-state index contributed by atoms with van der Waals surface area (Å²) >= 11 is 0. The van der Waals surface area contributed by atoms with Gasteiger partial charge in [0.1, 0.15) is 5.60 Å². The van der Waals surface area contributed by atoms with Gasteiger partial charge in [-0.2, -0.15) is 8.78 Å². The minimum absolute atomic E-state index is 0.0947. The number of rotatable bonds is 5. The van der Waals surface area contributed by atoms with Crippen LogP contribution in [0.25, 0.3) is 0 Å². The van der Waals surface area contributed by atoms with Gasteiger partial charge in [-0.3, -0.25) is 4.79 Å². The molecule has 1 atom stereocenters. The first-order valence-corrected chi connectivity index (χ1v) is 6.48. The predicted octanol–water partition coefficient (Wildman–Crippen LogP) is 1.39. The molecule has 3 N–H and O–H groups in total. The first kappa shape index (κ1) is 14.9. The van der Waals surface area contributed by atoms with Crippen LogP contribution in [-0.4, -0.2) is 34.3 Å². The molecule has 1 saturated carbocycles. The van der Waals surface area contributed by atoms with Crippen molar-refractivity contribution in [2.75, 3.05) is 6.61 Å². The van der Waals surface area contributed by atoms with E-state index in [0.717, 1.165) is 0 Å². The van der Waals surface area contributed by atoms with Crippen LogP contribution in [0.1, 0.15) is 30.9 Å². The Kier molecular flexibility index (Phi) is 4.06. The Balaban J connectivity index is 2.10. The van der Waals surface area contributed by atoms with Crippen molar-refractivity contribution in [2.24, 2.45) is 0 Å². The van der Waals surface area contributed by atoms with Crippen LogP contribution in [0.15, 0.2) is 30.3 Å². The van der Waals surface area contributed by atoms with E-state index in [0.29, 0.717) is 12.0 Å². The van der Waals surface area contributed by atoms with Gasteiger partial charge in [-0.05, 0) is 24.8 Å². The Morgan fingerprint density at radius 1 is 1.35 bits per heavy atom. The first-order valence-electron chi connectivity index (χ1n) is 6.48. The third-order valence-electron chi connectivity index (χ3n) is 3.74. The van der Waals surface area contributed by atoms with E-state index in [1.165, 1.54) is 0 Å². The van der Waals surface area contributed by atoms with Crippen molar-refractivity contribution in [3.63, 3.8) is 0 Å². The molecule has 1 aliphatic rings. The molecule has 1 amide bonds. The maximum absolute atomic E-state index is 13.9. The molecule has 0 heterocycles. The van der Waals surface area contributed by atoms with Gasteiger partial charge in [0, 0.05) is 0 Å². The van der Waals surface area contributed by atoms with E-state index in [-0.39, 0.29) is 12.8 Å². The van der Waals surface area contributed by atoms with E-state index in [9.17, 15) is 23.8 Å². The van der Waals surface area contributed by atoms with Crippen molar-refractivity contribution in [1.82, 2.24) is 5.32 Å². The van der Waals surface area contributed by atoms with Crippen LogP contribution < -0.4 is 5.32 Å². The number of hydrogen-bond acceptors (Lipinski definition) is 3. The molecule has 1 unspecified atom stereocenters. The lowest BCUT2D eigenvalue weighted by Gasteiger charge is -2.41. The topological polar surface area (TPSA) is 69.6 Å². The Labute approximate surface area is 115 Å². The monoisotopic (exact) mass is 285 g/mol. The van der Waals surface area contributed by atoms with E-state index in [1.807, 2.05) is 0 Å². The average molecular weight is 285 g/mol. The number of carbonyl (C=O) groups is 1. The fourth-order valence-corrected chi connectivity index (χ4v) is 2.21. The van der Waals surface area contributed by atoms with Gasteiger partial charge in [0.2, 0.25) is 0 Å². The van der Waals surface area contributed by atoms with E-state index < -0.39 is 30.1 Å². The van der Waals surface area contributed by atoms with Crippen molar-refractivity contribution in [3.8, 4) is 0 Å². The third-order valence-corrected chi connectivity index (χ3v) is 3.74. The van der Waals surface area contributed by atoms with E-state index in [2.05, 4.69) is 5.32 Å². The lowest BCUT2D eigenvalue weighted by atomic mass is 9.75. The molecule has 0 aromatic heterocycles. The molecule has 0 spiro atoms. The highest BCUT2D eigenvalue weighted by Crippen LogP contribution is 2.44. The molecule has 4 nitrogen and oxygen atoms in total. The third kappa shape index (κ3) is 2.53. The molecule has 1 aromatic carbocycles. The molecular weight excluding hydrogens is 268 g/mol. The normalized spacial score (nSPS) is 19.0.